The summed E-state index contributed by atoms with van der Waals surface area (Å²) in [5.74, 6) is -0.502. The topological polar surface area (TPSA) is 26.3 Å². The quantitative estimate of drug-likeness (QED) is 0.669. The van der Waals surface area contributed by atoms with Crippen molar-refractivity contribution < 1.29 is 13.9 Å². The van der Waals surface area contributed by atoms with Crippen molar-refractivity contribution in [2.75, 3.05) is 6.61 Å². The van der Waals surface area contributed by atoms with Gasteiger partial charge in [-0.25, -0.2) is 4.39 Å². The second-order valence-corrected chi connectivity index (χ2v) is 4.37. The van der Waals surface area contributed by atoms with Crippen molar-refractivity contribution in [2.45, 2.75) is 11.8 Å². The average molecular weight is 259 g/mol. The Bertz CT molecular complexity index is 403. The summed E-state index contributed by atoms with van der Waals surface area (Å²) in [6.45, 7) is 1.93. The molecule has 74 valence electrons. The van der Waals surface area contributed by atoms with Crippen LogP contribution in [0.3, 0.4) is 0 Å². The number of ether oxygens (including phenoxy) is 1. The number of aryl methyl sites for hydroxylation is 1. The van der Waals surface area contributed by atoms with Crippen LogP contribution < -0.4 is 4.74 Å². The smallest absolute Gasteiger partial charge is 0.183 e. The zero-order chi connectivity index (χ0) is 10.3. The first-order valence-corrected chi connectivity index (χ1v) is 5.12. The first-order valence-electron chi connectivity index (χ1n) is 4.21. The number of hydrogen-bond acceptors (Lipinski definition) is 2. The lowest BCUT2D eigenvalue weighted by atomic mass is 10.0. The molecule has 0 radical (unpaired) electrons. The summed E-state index contributed by atoms with van der Waals surface area (Å²) in [4.78, 5) is 11.3. The number of carbonyl (C=O) groups is 1. The zero-order valence-corrected chi connectivity index (χ0v) is 9.10. The van der Waals surface area contributed by atoms with Gasteiger partial charge >= 0.3 is 0 Å². The molecule has 0 bridgehead atoms. The number of hydrogen-bond donors (Lipinski definition) is 0. The molecule has 0 aliphatic carbocycles. The minimum Gasteiger partial charge on any atom is -0.488 e. The summed E-state index contributed by atoms with van der Waals surface area (Å²) in [5.41, 5.74) is 1.05. The first-order chi connectivity index (χ1) is 6.59. The maximum atomic E-state index is 13.3. The van der Waals surface area contributed by atoms with E-state index in [9.17, 15) is 9.18 Å². The Kier molecular flexibility index (Phi) is 2.31. The van der Waals surface area contributed by atoms with Gasteiger partial charge in [-0.05, 0) is 24.6 Å². The van der Waals surface area contributed by atoms with Gasteiger partial charge in [0, 0.05) is 0 Å². The van der Waals surface area contributed by atoms with Crippen LogP contribution >= 0.6 is 15.9 Å². The van der Waals surface area contributed by atoms with Crippen molar-refractivity contribution in [2.24, 2.45) is 0 Å². The van der Waals surface area contributed by atoms with Gasteiger partial charge in [0.1, 0.15) is 11.4 Å². The van der Waals surface area contributed by atoms with Crippen LogP contribution in [-0.4, -0.2) is 17.2 Å². The van der Waals surface area contributed by atoms with E-state index in [-0.39, 0.29) is 23.0 Å². The Morgan fingerprint density at radius 2 is 2.29 bits per heavy atom. The van der Waals surface area contributed by atoms with Crippen LogP contribution in [0, 0.1) is 12.7 Å². The molecule has 0 fully saturated rings. The number of ketones is 1. The van der Waals surface area contributed by atoms with Gasteiger partial charge in [0.2, 0.25) is 0 Å². The summed E-state index contributed by atoms with van der Waals surface area (Å²) in [6.07, 6.45) is 0. The summed E-state index contributed by atoms with van der Waals surface area (Å²) in [6, 6.07) is 3.01. The summed E-state index contributed by atoms with van der Waals surface area (Å²) < 4.78 is 18.5. The fourth-order valence-corrected chi connectivity index (χ4v) is 1.84. The molecule has 0 aromatic heterocycles. The first kappa shape index (κ1) is 9.65. The Balaban J connectivity index is 2.60. The van der Waals surface area contributed by atoms with E-state index >= 15 is 0 Å². The Labute approximate surface area is 89.2 Å². The average Bonchev–Trinajstić information content (AvgIpc) is 2.12. The van der Waals surface area contributed by atoms with E-state index in [1.54, 1.807) is 13.0 Å². The van der Waals surface area contributed by atoms with Gasteiger partial charge in [0.15, 0.2) is 17.3 Å². The summed E-state index contributed by atoms with van der Waals surface area (Å²) in [7, 11) is 0. The van der Waals surface area contributed by atoms with E-state index in [4.69, 9.17) is 4.74 Å². The minimum absolute atomic E-state index is 0.0799. The number of halogens is 2. The molecule has 1 aromatic rings. The van der Waals surface area contributed by atoms with Gasteiger partial charge in [0.05, 0.1) is 5.56 Å². The van der Waals surface area contributed by atoms with Crippen molar-refractivity contribution in [3.63, 3.8) is 0 Å². The molecule has 4 heteroatoms. The second-order valence-electron chi connectivity index (χ2n) is 3.27. The van der Waals surface area contributed by atoms with Gasteiger partial charge in [-0.15, -0.1) is 0 Å². The van der Waals surface area contributed by atoms with E-state index in [1.165, 1.54) is 6.07 Å². The van der Waals surface area contributed by atoms with Crippen molar-refractivity contribution >= 4 is 21.7 Å². The number of alkyl halides is 1. The molecule has 1 atom stereocenters. The number of Topliss-reactive ketones (excluding diaryl/α,β-unsaturated/α-hetero) is 1. The Hall–Kier alpha value is -0.900. The van der Waals surface area contributed by atoms with E-state index < -0.39 is 5.82 Å². The SMILES string of the molecule is Cc1cc(F)c2c(c1)C(=O)C(Br)CO2. The van der Waals surface area contributed by atoms with Crippen LogP contribution in [0.25, 0.3) is 0 Å². The van der Waals surface area contributed by atoms with Crippen LogP contribution in [0.1, 0.15) is 15.9 Å². The van der Waals surface area contributed by atoms with Gasteiger partial charge in [0.25, 0.3) is 0 Å². The van der Waals surface area contributed by atoms with Gasteiger partial charge < -0.3 is 4.74 Å². The van der Waals surface area contributed by atoms with Crippen molar-refractivity contribution in [1.82, 2.24) is 0 Å². The van der Waals surface area contributed by atoms with Crippen LogP contribution in [0.5, 0.6) is 5.75 Å². The lowest BCUT2D eigenvalue weighted by Gasteiger charge is -2.20. The van der Waals surface area contributed by atoms with Crippen molar-refractivity contribution in [1.29, 1.82) is 0 Å². The molecule has 0 N–H and O–H groups in total. The number of rotatable bonds is 0. The molecule has 0 amide bonds. The maximum absolute atomic E-state index is 13.3. The molecule has 0 spiro atoms. The van der Waals surface area contributed by atoms with Gasteiger partial charge in [-0.2, -0.15) is 0 Å². The van der Waals surface area contributed by atoms with E-state index in [0.717, 1.165) is 5.56 Å². The largest absolute Gasteiger partial charge is 0.488 e. The summed E-state index contributed by atoms with van der Waals surface area (Å²) in [5, 5.41) is 0. The number of carbonyl (C=O) groups excluding carboxylic acids is 1. The molecular formula is C10H8BrFO2. The van der Waals surface area contributed by atoms with E-state index in [1.807, 2.05) is 0 Å². The Morgan fingerprint density at radius 3 is 3.00 bits per heavy atom. The highest BCUT2D eigenvalue weighted by Crippen LogP contribution is 2.31. The lowest BCUT2D eigenvalue weighted by Crippen LogP contribution is -2.28. The second kappa shape index (κ2) is 3.35. The number of fused-ring (bicyclic) bond motifs is 1. The minimum atomic E-state index is -0.465. The zero-order valence-electron chi connectivity index (χ0n) is 7.51. The highest BCUT2D eigenvalue weighted by Gasteiger charge is 2.28. The third kappa shape index (κ3) is 1.43. The fraction of sp³-hybridized carbons (Fsp3) is 0.300. The molecule has 14 heavy (non-hydrogen) atoms. The normalized spacial score (nSPS) is 20.2. The predicted molar refractivity (Wildman–Crippen MR) is 53.7 cm³/mol. The fourth-order valence-electron chi connectivity index (χ4n) is 1.46. The monoisotopic (exact) mass is 258 g/mol. The van der Waals surface area contributed by atoms with Crippen LogP contribution in [0.2, 0.25) is 0 Å². The van der Waals surface area contributed by atoms with Gasteiger partial charge in [-0.1, -0.05) is 15.9 Å². The molecule has 1 unspecified atom stereocenters. The molecule has 1 aliphatic heterocycles. The van der Waals surface area contributed by atoms with E-state index in [0.29, 0.717) is 5.56 Å². The molecule has 1 heterocycles. The third-order valence-electron chi connectivity index (χ3n) is 2.11. The van der Waals surface area contributed by atoms with Crippen LogP contribution in [0.4, 0.5) is 4.39 Å². The highest BCUT2D eigenvalue weighted by atomic mass is 79.9. The molecule has 2 rings (SSSR count). The predicted octanol–water partition coefficient (Wildman–Crippen LogP) is 2.47. The molecule has 0 saturated heterocycles. The molecule has 1 aromatic carbocycles. The van der Waals surface area contributed by atoms with E-state index in [2.05, 4.69) is 15.9 Å². The van der Waals surface area contributed by atoms with Gasteiger partial charge in [-0.3, -0.25) is 4.79 Å². The van der Waals surface area contributed by atoms with Crippen LogP contribution in [0.15, 0.2) is 12.1 Å². The molecule has 0 saturated carbocycles. The lowest BCUT2D eigenvalue weighted by molar-refractivity contribution is 0.0942. The van der Waals surface area contributed by atoms with Crippen molar-refractivity contribution in [3.8, 4) is 5.75 Å². The highest BCUT2D eigenvalue weighted by molar-refractivity contribution is 9.10. The Morgan fingerprint density at radius 1 is 1.57 bits per heavy atom. The summed E-state index contributed by atoms with van der Waals surface area (Å²) >= 11 is 3.18. The third-order valence-corrected chi connectivity index (χ3v) is 2.79. The van der Waals surface area contributed by atoms with Crippen LogP contribution in [-0.2, 0) is 0 Å². The molecule has 1 aliphatic rings. The maximum Gasteiger partial charge on any atom is 0.183 e. The standard InChI is InChI=1S/C10H8BrFO2/c1-5-2-6-9(13)7(11)4-14-10(6)8(12)3-5/h2-3,7H,4H2,1H3. The molecule has 2 nitrogen and oxygen atoms in total. The molecular weight excluding hydrogens is 251 g/mol. The number of benzene rings is 1. The van der Waals surface area contributed by atoms with Crippen molar-refractivity contribution in [3.05, 3.63) is 29.1 Å².